The molecule has 0 aliphatic heterocycles. The molecule has 130 valence electrons. The van der Waals surface area contributed by atoms with Gasteiger partial charge < -0.3 is 15.4 Å². The van der Waals surface area contributed by atoms with E-state index in [9.17, 15) is 14.4 Å². The Labute approximate surface area is 153 Å². The Hall–Kier alpha value is -2.67. The molecule has 0 fully saturated rings. The topological polar surface area (TPSA) is 84.5 Å². The molecule has 7 heteroatoms. The van der Waals surface area contributed by atoms with E-state index in [-0.39, 0.29) is 12.5 Å². The second-order valence-electron chi connectivity index (χ2n) is 5.18. The average molecular weight is 405 g/mol. The zero-order chi connectivity index (χ0) is 18.2. The van der Waals surface area contributed by atoms with Gasteiger partial charge in [0.15, 0.2) is 6.10 Å². The van der Waals surface area contributed by atoms with Gasteiger partial charge in [-0.15, -0.1) is 0 Å². The first kappa shape index (κ1) is 18.7. The van der Waals surface area contributed by atoms with E-state index in [1.54, 1.807) is 54.6 Å². The largest absolute Gasteiger partial charge is 0.451 e. The summed E-state index contributed by atoms with van der Waals surface area (Å²) in [6.45, 7) is 1.15. The summed E-state index contributed by atoms with van der Waals surface area (Å²) in [7, 11) is 0. The number of carbonyl (C=O) groups is 3. The van der Waals surface area contributed by atoms with Crippen LogP contribution in [0.5, 0.6) is 0 Å². The van der Waals surface area contributed by atoms with Crippen LogP contribution in [0.2, 0.25) is 0 Å². The maximum absolute atomic E-state index is 12.0. The second kappa shape index (κ2) is 8.98. The first-order valence-corrected chi connectivity index (χ1v) is 8.34. The highest BCUT2D eigenvalue weighted by atomic mass is 79.9. The lowest BCUT2D eigenvalue weighted by molar-refractivity contribution is -0.152. The Balaban J connectivity index is 1.78. The van der Waals surface area contributed by atoms with Crippen molar-refractivity contribution in [3.05, 3.63) is 64.6 Å². The monoisotopic (exact) mass is 404 g/mol. The van der Waals surface area contributed by atoms with Gasteiger partial charge in [0.1, 0.15) is 6.54 Å². The number of rotatable bonds is 6. The molecule has 0 aliphatic rings. The minimum absolute atomic E-state index is 0.316. The fourth-order valence-electron chi connectivity index (χ4n) is 1.91. The van der Waals surface area contributed by atoms with Gasteiger partial charge in [-0.3, -0.25) is 14.4 Å². The number of halogens is 1. The molecule has 6 nitrogen and oxygen atoms in total. The summed E-state index contributed by atoms with van der Waals surface area (Å²) in [4.78, 5) is 35.6. The third kappa shape index (κ3) is 6.04. The Morgan fingerprint density at radius 3 is 2.32 bits per heavy atom. The van der Waals surface area contributed by atoms with Gasteiger partial charge in [0, 0.05) is 15.7 Å². The van der Waals surface area contributed by atoms with E-state index in [1.165, 1.54) is 6.92 Å². The molecule has 0 bridgehead atoms. The van der Waals surface area contributed by atoms with Crippen LogP contribution in [0.25, 0.3) is 0 Å². The smallest absolute Gasteiger partial charge is 0.326 e. The zero-order valence-corrected chi connectivity index (χ0v) is 15.1. The van der Waals surface area contributed by atoms with Gasteiger partial charge in [0.2, 0.25) is 0 Å². The predicted molar refractivity (Wildman–Crippen MR) is 97.1 cm³/mol. The quantitative estimate of drug-likeness (QED) is 0.724. The standard InChI is InChI=1S/C18H17BrN2O4/c1-12(17(23)21-15-9-7-14(19)8-10-15)25-16(22)11-20-18(24)13-5-3-2-4-6-13/h2-10,12H,11H2,1H3,(H,20,24)(H,21,23)/t12-/m1/s1. The van der Waals surface area contributed by atoms with Crippen LogP contribution in [0, 0.1) is 0 Å². The maximum Gasteiger partial charge on any atom is 0.326 e. The molecule has 0 spiro atoms. The molecule has 1 atom stereocenters. The number of hydrogen-bond donors (Lipinski definition) is 2. The number of ether oxygens (including phenoxy) is 1. The van der Waals surface area contributed by atoms with Crippen molar-refractivity contribution in [2.45, 2.75) is 13.0 Å². The van der Waals surface area contributed by atoms with Crippen molar-refractivity contribution >= 4 is 39.4 Å². The van der Waals surface area contributed by atoms with E-state index in [1.807, 2.05) is 0 Å². The minimum atomic E-state index is -0.982. The fourth-order valence-corrected chi connectivity index (χ4v) is 2.18. The van der Waals surface area contributed by atoms with E-state index >= 15 is 0 Å². The number of carbonyl (C=O) groups excluding carboxylic acids is 3. The summed E-state index contributed by atoms with van der Waals surface area (Å²) in [5.41, 5.74) is 1.03. The zero-order valence-electron chi connectivity index (χ0n) is 13.5. The Bertz CT molecular complexity index is 747. The molecule has 2 amide bonds. The van der Waals surface area contributed by atoms with Gasteiger partial charge in [-0.05, 0) is 43.3 Å². The van der Waals surface area contributed by atoms with E-state index < -0.39 is 18.0 Å². The number of esters is 1. The van der Waals surface area contributed by atoms with Crippen LogP contribution < -0.4 is 10.6 Å². The van der Waals surface area contributed by atoms with E-state index in [2.05, 4.69) is 26.6 Å². The summed E-state index contributed by atoms with van der Waals surface area (Å²) < 4.78 is 5.91. The van der Waals surface area contributed by atoms with Gasteiger partial charge in [-0.25, -0.2) is 0 Å². The molecule has 0 saturated heterocycles. The highest BCUT2D eigenvalue weighted by molar-refractivity contribution is 9.10. The molecule has 0 aromatic heterocycles. The van der Waals surface area contributed by atoms with Gasteiger partial charge in [0.05, 0.1) is 0 Å². The molecule has 0 aliphatic carbocycles. The van der Waals surface area contributed by atoms with Crippen molar-refractivity contribution in [2.24, 2.45) is 0 Å². The SMILES string of the molecule is C[C@@H](OC(=O)CNC(=O)c1ccccc1)C(=O)Nc1ccc(Br)cc1. The first-order chi connectivity index (χ1) is 12.0. The van der Waals surface area contributed by atoms with Crippen LogP contribution in [-0.2, 0) is 14.3 Å². The third-order valence-corrected chi connectivity index (χ3v) is 3.75. The highest BCUT2D eigenvalue weighted by Gasteiger charge is 2.18. The number of anilines is 1. The lowest BCUT2D eigenvalue weighted by Gasteiger charge is -2.14. The van der Waals surface area contributed by atoms with E-state index in [0.29, 0.717) is 11.3 Å². The Morgan fingerprint density at radius 1 is 1.04 bits per heavy atom. The molecule has 0 saturated carbocycles. The molecule has 0 unspecified atom stereocenters. The van der Waals surface area contributed by atoms with Crippen molar-refractivity contribution < 1.29 is 19.1 Å². The van der Waals surface area contributed by atoms with Crippen LogP contribution >= 0.6 is 15.9 Å². The van der Waals surface area contributed by atoms with Crippen LogP contribution in [0.3, 0.4) is 0 Å². The van der Waals surface area contributed by atoms with Crippen molar-refractivity contribution in [1.29, 1.82) is 0 Å². The van der Waals surface area contributed by atoms with E-state index in [0.717, 1.165) is 4.47 Å². The van der Waals surface area contributed by atoms with Crippen molar-refractivity contribution in [2.75, 3.05) is 11.9 Å². The van der Waals surface area contributed by atoms with Crippen molar-refractivity contribution in [3.8, 4) is 0 Å². The third-order valence-electron chi connectivity index (χ3n) is 3.22. The minimum Gasteiger partial charge on any atom is -0.451 e. The molecular formula is C18H17BrN2O4. The highest BCUT2D eigenvalue weighted by Crippen LogP contribution is 2.14. The average Bonchev–Trinajstić information content (AvgIpc) is 2.62. The summed E-state index contributed by atoms with van der Waals surface area (Å²) in [5.74, 6) is -1.53. The van der Waals surface area contributed by atoms with Gasteiger partial charge >= 0.3 is 5.97 Å². The molecule has 2 N–H and O–H groups in total. The first-order valence-electron chi connectivity index (χ1n) is 7.55. The van der Waals surface area contributed by atoms with Crippen molar-refractivity contribution in [3.63, 3.8) is 0 Å². The fraction of sp³-hybridized carbons (Fsp3) is 0.167. The molecule has 2 rings (SSSR count). The van der Waals surface area contributed by atoms with E-state index in [4.69, 9.17) is 4.74 Å². The summed E-state index contributed by atoms with van der Waals surface area (Å²) in [6, 6.07) is 15.5. The summed E-state index contributed by atoms with van der Waals surface area (Å²) >= 11 is 3.30. The number of benzene rings is 2. The summed E-state index contributed by atoms with van der Waals surface area (Å²) in [6.07, 6.45) is -0.982. The Morgan fingerprint density at radius 2 is 1.68 bits per heavy atom. The van der Waals surface area contributed by atoms with Gasteiger partial charge in [-0.2, -0.15) is 0 Å². The molecule has 25 heavy (non-hydrogen) atoms. The number of hydrogen-bond acceptors (Lipinski definition) is 4. The Kier molecular flexibility index (Phi) is 6.71. The lowest BCUT2D eigenvalue weighted by Crippen LogP contribution is -2.35. The molecule has 2 aromatic rings. The van der Waals surface area contributed by atoms with Crippen LogP contribution in [0.1, 0.15) is 17.3 Å². The lowest BCUT2D eigenvalue weighted by atomic mass is 10.2. The summed E-state index contributed by atoms with van der Waals surface area (Å²) in [5, 5.41) is 5.09. The number of amides is 2. The number of nitrogens with one attached hydrogen (secondary N) is 2. The van der Waals surface area contributed by atoms with Crippen LogP contribution in [0.4, 0.5) is 5.69 Å². The normalized spacial score (nSPS) is 11.3. The molecule has 0 radical (unpaired) electrons. The van der Waals surface area contributed by atoms with Crippen LogP contribution in [-0.4, -0.2) is 30.4 Å². The van der Waals surface area contributed by atoms with Gasteiger partial charge in [0.25, 0.3) is 11.8 Å². The van der Waals surface area contributed by atoms with Crippen molar-refractivity contribution in [1.82, 2.24) is 5.32 Å². The maximum atomic E-state index is 12.0. The van der Waals surface area contributed by atoms with Gasteiger partial charge in [-0.1, -0.05) is 34.1 Å². The molecule has 0 heterocycles. The second-order valence-corrected chi connectivity index (χ2v) is 6.09. The molecule has 2 aromatic carbocycles. The predicted octanol–water partition coefficient (Wildman–Crippen LogP) is 2.75. The van der Waals surface area contributed by atoms with Crippen LogP contribution in [0.15, 0.2) is 59.1 Å². The molecular weight excluding hydrogens is 388 g/mol.